The van der Waals surface area contributed by atoms with Crippen molar-refractivity contribution in [3.63, 3.8) is 0 Å². The molecule has 0 aliphatic carbocycles. The van der Waals surface area contributed by atoms with E-state index in [0.717, 1.165) is 30.1 Å². The van der Waals surface area contributed by atoms with Crippen LogP contribution in [0, 0.1) is 0 Å². The molecular weight excluding hydrogens is 278 g/mol. The van der Waals surface area contributed by atoms with Gasteiger partial charge in [0.15, 0.2) is 6.29 Å². The summed E-state index contributed by atoms with van der Waals surface area (Å²) in [6.45, 7) is 3.48. The average Bonchev–Trinajstić information content (AvgIpc) is 2.55. The second kappa shape index (κ2) is 9.00. The lowest BCUT2D eigenvalue weighted by molar-refractivity contribution is -0.105. The van der Waals surface area contributed by atoms with Gasteiger partial charge in [0.1, 0.15) is 5.75 Å². The molecule has 0 saturated carbocycles. The highest BCUT2D eigenvalue weighted by molar-refractivity contribution is 6.02. The number of allylic oxidation sites excluding steroid dienone is 1. The maximum Gasteiger partial charge on any atom is 0.166 e. The first-order valence-electron chi connectivity index (χ1n) is 7.20. The number of aldehydes is 1. The summed E-state index contributed by atoms with van der Waals surface area (Å²) >= 11 is 0. The summed E-state index contributed by atoms with van der Waals surface area (Å²) in [6.07, 6.45) is 1.38. The van der Waals surface area contributed by atoms with E-state index in [0.29, 0.717) is 12.7 Å². The van der Waals surface area contributed by atoms with E-state index >= 15 is 0 Å². The number of hydrogen-bond donors (Lipinski definition) is 1. The van der Waals surface area contributed by atoms with E-state index in [4.69, 9.17) is 10.5 Å². The number of aliphatic imine (C=N–C) groups is 1. The van der Waals surface area contributed by atoms with Crippen LogP contribution in [0.4, 0.5) is 0 Å². The molecule has 1 aromatic rings. The predicted molar refractivity (Wildman–Crippen MR) is 90.3 cm³/mol. The number of rotatable bonds is 8. The number of carbonyl (C=O) groups excluding carboxylic acids is 1. The van der Waals surface area contributed by atoms with Crippen molar-refractivity contribution in [3.8, 4) is 5.75 Å². The summed E-state index contributed by atoms with van der Waals surface area (Å²) in [6, 6.07) is 7.99. The van der Waals surface area contributed by atoms with Crippen molar-refractivity contribution in [2.75, 3.05) is 27.7 Å². The van der Waals surface area contributed by atoms with E-state index in [1.807, 2.05) is 38.2 Å². The zero-order valence-electron chi connectivity index (χ0n) is 13.8. The van der Waals surface area contributed by atoms with E-state index in [2.05, 4.69) is 9.89 Å². The Hall–Kier alpha value is -2.14. The molecule has 5 nitrogen and oxygen atoms in total. The number of ether oxygens (including phenoxy) is 1. The van der Waals surface area contributed by atoms with Gasteiger partial charge < -0.3 is 15.4 Å². The van der Waals surface area contributed by atoms with Gasteiger partial charge in [0, 0.05) is 31.4 Å². The molecule has 0 spiro atoms. The summed E-state index contributed by atoms with van der Waals surface area (Å²) in [5, 5.41) is 0. The fourth-order valence-electron chi connectivity index (χ4n) is 2.16. The second-order valence-electron chi connectivity index (χ2n) is 5.20. The molecule has 0 aliphatic rings. The minimum atomic E-state index is 0.265. The van der Waals surface area contributed by atoms with Crippen molar-refractivity contribution in [3.05, 3.63) is 41.1 Å². The molecule has 5 heteroatoms. The first-order valence-corrected chi connectivity index (χ1v) is 7.20. The van der Waals surface area contributed by atoms with Crippen LogP contribution in [0.1, 0.15) is 18.9 Å². The van der Waals surface area contributed by atoms with Crippen LogP contribution in [0.2, 0.25) is 0 Å². The minimum absolute atomic E-state index is 0.265. The summed E-state index contributed by atoms with van der Waals surface area (Å²) < 4.78 is 5.15. The van der Waals surface area contributed by atoms with Gasteiger partial charge in [-0.2, -0.15) is 0 Å². The van der Waals surface area contributed by atoms with Gasteiger partial charge in [-0.3, -0.25) is 9.79 Å². The van der Waals surface area contributed by atoms with Crippen LogP contribution in [-0.2, 0) is 11.3 Å². The third kappa shape index (κ3) is 5.33. The molecule has 1 aromatic carbocycles. The Morgan fingerprint density at radius 1 is 1.36 bits per heavy atom. The topological polar surface area (TPSA) is 67.9 Å². The van der Waals surface area contributed by atoms with Gasteiger partial charge in [0.05, 0.1) is 12.8 Å². The van der Waals surface area contributed by atoms with E-state index in [-0.39, 0.29) is 5.70 Å². The molecule has 1 rings (SSSR count). The van der Waals surface area contributed by atoms with Crippen LogP contribution in [0.3, 0.4) is 0 Å². The molecule has 0 amide bonds. The third-order valence-corrected chi connectivity index (χ3v) is 3.60. The summed E-state index contributed by atoms with van der Waals surface area (Å²) in [5.74, 6) is 0.852. The largest absolute Gasteiger partial charge is 0.497 e. The Bertz CT molecular complexity index is 548. The molecule has 120 valence electrons. The summed E-state index contributed by atoms with van der Waals surface area (Å²) in [5.41, 5.74) is 8.86. The Labute approximate surface area is 132 Å². The molecule has 0 unspecified atom stereocenters. The first-order chi connectivity index (χ1) is 10.5. The highest BCUT2D eigenvalue weighted by atomic mass is 16.5. The van der Waals surface area contributed by atoms with Crippen LogP contribution < -0.4 is 10.5 Å². The molecule has 0 atom stereocenters. The smallest absolute Gasteiger partial charge is 0.166 e. The van der Waals surface area contributed by atoms with Crippen molar-refractivity contribution in [1.82, 2.24) is 4.90 Å². The molecular formula is C17H25N3O2. The van der Waals surface area contributed by atoms with Crippen molar-refractivity contribution in [2.45, 2.75) is 19.9 Å². The zero-order valence-corrected chi connectivity index (χ0v) is 13.8. The first kappa shape index (κ1) is 17.9. The van der Waals surface area contributed by atoms with Gasteiger partial charge in [-0.15, -0.1) is 0 Å². The monoisotopic (exact) mass is 303 g/mol. The van der Waals surface area contributed by atoms with E-state index in [1.54, 1.807) is 14.2 Å². The van der Waals surface area contributed by atoms with E-state index < -0.39 is 0 Å². The van der Waals surface area contributed by atoms with Gasteiger partial charge in [-0.05, 0) is 38.1 Å². The van der Waals surface area contributed by atoms with Crippen molar-refractivity contribution in [1.29, 1.82) is 0 Å². The molecule has 2 N–H and O–H groups in total. The molecule has 0 saturated heterocycles. The summed E-state index contributed by atoms with van der Waals surface area (Å²) in [4.78, 5) is 17.2. The number of hydrogen-bond acceptors (Lipinski definition) is 5. The van der Waals surface area contributed by atoms with Crippen LogP contribution in [0.5, 0.6) is 5.75 Å². The molecule has 0 heterocycles. The zero-order chi connectivity index (χ0) is 16.5. The van der Waals surface area contributed by atoms with Crippen molar-refractivity contribution >= 4 is 12.0 Å². The SMILES string of the molecule is CN=C(C)/C(CCN(C)Cc1ccc(OC)cc1)=C(\N)C=O. The maximum atomic E-state index is 10.9. The Morgan fingerprint density at radius 2 is 2.00 bits per heavy atom. The maximum absolute atomic E-state index is 10.9. The number of nitrogens with zero attached hydrogens (tertiary/aromatic N) is 2. The summed E-state index contributed by atoms with van der Waals surface area (Å²) in [7, 11) is 5.40. The number of benzene rings is 1. The van der Waals surface area contributed by atoms with Crippen LogP contribution >= 0.6 is 0 Å². The quantitative estimate of drug-likeness (QED) is 0.453. The van der Waals surface area contributed by atoms with Gasteiger partial charge in [0.25, 0.3) is 0 Å². The van der Waals surface area contributed by atoms with Gasteiger partial charge in [0.2, 0.25) is 0 Å². The van der Waals surface area contributed by atoms with Gasteiger partial charge in [-0.1, -0.05) is 12.1 Å². The average molecular weight is 303 g/mol. The molecule has 0 fully saturated rings. The van der Waals surface area contributed by atoms with Gasteiger partial charge >= 0.3 is 0 Å². The minimum Gasteiger partial charge on any atom is -0.497 e. The van der Waals surface area contributed by atoms with Gasteiger partial charge in [-0.25, -0.2) is 0 Å². The van der Waals surface area contributed by atoms with E-state index in [9.17, 15) is 4.79 Å². The van der Waals surface area contributed by atoms with Crippen LogP contribution in [0.25, 0.3) is 0 Å². The highest BCUT2D eigenvalue weighted by Crippen LogP contribution is 2.14. The fourth-order valence-corrected chi connectivity index (χ4v) is 2.16. The van der Waals surface area contributed by atoms with Crippen molar-refractivity contribution < 1.29 is 9.53 Å². The lowest BCUT2D eigenvalue weighted by Crippen LogP contribution is -2.22. The third-order valence-electron chi connectivity index (χ3n) is 3.60. The highest BCUT2D eigenvalue weighted by Gasteiger charge is 2.09. The molecule has 22 heavy (non-hydrogen) atoms. The Morgan fingerprint density at radius 3 is 2.50 bits per heavy atom. The normalized spacial score (nSPS) is 13.0. The fraction of sp³-hybridized carbons (Fsp3) is 0.412. The molecule has 0 aromatic heterocycles. The second-order valence-corrected chi connectivity index (χ2v) is 5.20. The lowest BCUT2D eigenvalue weighted by atomic mass is 10.1. The number of methoxy groups -OCH3 is 1. The van der Waals surface area contributed by atoms with Crippen molar-refractivity contribution in [2.24, 2.45) is 10.7 Å². The standard InChI is InChI=1S/C17H25N3O2/c1-13(19-2)16(17(18)12-21)9-10-20(3)11-14-5-7-15(22-4)8-6-14/h5-8,12H,9-11,18H2,1-4H3/b17-16-,19-13?. The van der Waals surface area contributed by atoms with Crippen LogP contribution in [0.15, 0.2) is 40.5 Å². The lowest BCUT2D eigenvalue weighted by Gasteiger charge is -2.18. The predicted octanol–water partition coefficient (Wildman–Crippen LogP) is 2.02. The van der Waals surface area contributed by atoms with Crippen LogP contribution in [-0.4, -0.2) is 44.6 Å². The molecule has 0 aliphatic heterocycles. The molecule has 0 bridgehead atoms. The van der Waals surface area contributed by atoms with E-state index in [1.165, 1.54) is 5.56 Å². The number of carbonyl (C=O) groups is 1. The Kier molecular flexibility index (Phi) is 7.32. The molecule has 0 radical (unpaired) electrons. The Balaban J connectivity index is 2.63. The number of nitrogens with two attached hydrogens (primary N) is 1.